The number of carbonyl (C=O) groups excluding carboxylic acids is 1. The molecule has 0 aromatic heterocycles. The molecular weight excluding hydrogens is 229 g/mol. The second-order valence-corrected chi connectivity index (χ2v) is 5.05. The van der Waals surface area contributed by atoms with Crippen LogP contribution in [0.2, 0.25) is 0 Å². The molecule has 0 heterocycles. The summed E-state index contributed by atoms with van der Waals surface area (Å²) in [5, 5.41) is 0. The zero-order valence-electron chi connectivity index (χ0n) is 11.4. The number of hydrogen-bond donors (Lipinski definition) is 0. The van der Waals surface area contributed by atoms with Crippen molar-refractivity contribution in [3.8, 4) is 0 Å². The third-order valence-electron chi connectivity index (χ3n) is 3.08. The van der Waals surface area contributed by atoms with Gasteiger partial charge in [0, 0.05) is 13.0 Å². The lowest BCUT2D eigenvalue weighted by Crippen LogP contribution is -2.30. The van der Waals surface area contributed by atoms with E-state index in [0.717, 1.165) is 18.5 Å². The van der Waals surface area contributed by atoms with Gasteiger partial charge in [-0.3, -0.25) is 9.69 Å². The van der Waals surface area contributed by atoms with Gasteiger partial charge in [0.1, 0.15) is 5.82 Å². The molecule has 2 nitrogen and oxygen atoms in total. The first kappa shape index (κ1) is 14.8. The van der Waals surface area contributed by atoms with Gasteiger partial charge in [0.15, 0.2) is 5.78 Å². The van der Waals surface area contributed by atoms with Crippen LogP contribution < -0.4 is 0 Å². The van der Waals surface area contributed by atoms with E-state index in [9.17, 15) is 9.18 Å². The van der Waals surface area contributed by atoms with Gasteiger partial charge >= 0.3 is 0 Å². The Morgan fingerprint density at radius 2 is 1.94 bits per heavy atom. The van der Waals surface area contributed by atoms with Gasteiger partial charge in [0.25, 0.3) is 0 Å². The van der Waals surface area contributed by atoms with Gasteiger partial charge in [-0.2, -0.15) is 0 Å². The molecule has 1 rings (SSSR count). The summed E-state index contributed by atoms with van der Waals surface area (Å²) in [6, 6.07) is 6.13. The first-order chi connectivity index (χ1) is 8.51. The van der Waals surface area contributed by atoms with Crippen molar-refractivity contribution in [2.45, 2.75) is 26.7 Å². The Balaban J connectivity index is 2.39. The first-order valence-corrected chi connectivity index (χ1v) is 6.46. The molecule has 100 valence electrons. The standard InChI is InChI=1S/C15H22FNO/c1-4-12(2)10-17(3)11-15(18)9-13-5-7-14(16)8-6-13/h5-8,12H,4,9-11H2,1-3H3. The molecular formula is C15H22FNO. The van der Waals surface area contributed by atoms with E-state index in [4.69, 9.17) is 0 Å². The van der Waals surface area contributed by atoms with Crippen molar-refractivity contribution in [3.63, 3.8) is 0 Å². The van der Waals surface area contributed by atoms with Crippen molar-refractivity contribution >= 4 is 5.78 Å². The lowest BCUT2D eigenvalue weighted by Gasteiger charge is -2.19. The van der Waals surface area contributed by atoms with Crippen LogP contribution in [0.25, 0.3) is 0 Å². The molecule has 1 unspecified atom stereocenters. The fourth-order valence-electron chi connectivity index (χ4n) is 1.91. The molecule has 0 aliphatic heterocycles. The number of Topliss-reactive ketones (excluding diaryl/α,β-unsaturated/α-hetero) is 1. The SMILES string of the molecule is CCC(C)CN(C)CC(=O)Cc1ccc(F)cc1. The molecule has 0 fully saturated rings. The number of rotatable bonds is 7. The summed E-state index contributed by atoms with van der Waals surface area (Å²) < 4.78 is 12.7. The molecule has 18 heavy (non-hydrogen) atoms. The van der Waals surface area contributed by atoms with Gasteiger partial charge in [-0.15, -0.1) is 0 Å². The van der Waals surface area contributed by atoms with Crippen LogP contribution in [-0.4, -0.2) is 30.8 Å². The van der Waals surface area contributed by atoms with Gasteiger partial charge in [0.2, 0.25) is 0 Å². The minimum absolute atomic E-state index is 0.174. The number of hydrogen-bond acceptors (Lipinski definition) is 2. The molecule has 0 N–H and O–H groups in total. The van der Waals surface area contributed by atoms with E-state index in [2.05, 4.69) is 18.7 Å². The van der Waals surface area contributed by atoms with Gasteiger partial charge in [-0.25, -0.2) is 4.39 Å². The fourth-order valence-corrected chi connectivity index (χ4v) is 1.91. The highest BCUT2D eigenvalue weighted by Gasteiger charge is 2.10. The Hall–Kier alpha value is -1.22. The van der Waals surface area contributed by atoms with Crippen molar-refractivity contribution < 1.29 is 9.18 Å². The molecule has 0 bridgehead atoms. The quantitative estimate of drug-likeness (QED) is 0.742. The predicted molar refractivity (Wildman–Crippen MR) is 72.1 cm³/mol. The van der Waals surface area contributed by atoms with E-state index >= 15 is 0 Å². The van der Waals surface area contributed by atoms with Crippen LogP contribution in [0, 0.1) is 11.7 Å². The Morgan fingerprint density at radius 3 is 2.50 bits per heavy atom. The maximum atomic E-state index is 12.7. The van der Waals surface area contributed by atoms with E-state index < -0.39 is 0 Å². The van der Waals surface area contributed by atoms with Crippen LogP contribution in [0.15, 0.2) is 24.3 Å². The van der Waals surface area contributed by atoms with Crippen LogP contribution in [-0.2, 0) is 11.2 Å². The predicted octanol–water partition coefficient (Wildman–Crippen LogP) is 2.92. The topological polar surface area (TPSA) is 20.3 Å². The Labute approximate surface area is 109 Å². The van der Waals surface area contributed by atoms with Crippen LogP contribution >= 0.6 is 0 Å². The van der Waals surface area contributed by atoms with E-state index in [1.54, 1.807) is 12.1 Å². The summed E-state index contributed by atoms with van der Waals surface area (Å²) in [5.74, 6) is 0.515. The summed E-state index contributed by atoms with van der Waals surface area (Å²) in [7, 11) is 1.97. The third kappa shape index (κ3) is 5.41. The summed E-state index contributed by atoms with van der Waals surface area (Å²) >= 11 is 0. The molecule has 0 aliphatic rings. The summed E-state index contributed by atoms with van der Waals surface area (Å²) in [6.07, 6.45) is 1.50. The number of halogens is 1. The summed E-state index contributed by atoms with van der Waals surface area (Å²) in [5.41, 5.74) is 0.873. The Kier molecular flexibility index (Phi) is 5.99. The number of carbonyl (C=O) groups is 1. The highest BCUT2D eigenvalue weighted by Crippen LogP contribution is 2.06. The zero-order valence-corrected chi connectivity index (χ0v) is 11.4. The van der Waals surface area contributed by atoms with Crippen molar-refractivity contribution in [1.82, 2.24) is 4.90 Å². The van der Waals surface area contributed by atoms with Gasteiger partial charge < -0.3 is 0 Å². The number of benzene rings is 1. The van der Waals surface area contributed by atoms with E-state index in [0.29, 0.717) is 18.9 Å². The average molecular weight is 251 g/mol. The number of ketones is 1. The van der Waals surface area contributed by atoms with Crippen LogP contribution in [0.4, 0.5) is 4.39 Å². The molecule has 0 radical (unpaired) electrons. The smallest absolute Gasteiger partial charge is 0.151 e. The zero-order chi connectivity index (χ0) is 13.5. The van der Waals surface area contributed by atoms with Crippen molar-refractivity contribution in [2.75, 3.05) is 20.1 Å². The van der Waals surface area contributed by atoms with Gasteiger partial charge in [-0.1, -0.05) is 32.4 Å². The monoisotopic (exact) mass is 251 g/mol. The Bertz CT molecular complexity index is 375. The molecule has 0 aliphatic carbocycles. The maximum absolute atomic E-state index is 12.7. The van der Waals surface area contributed by atoms with Crippen LogP contribution in [0.5, 0.6) is 0 Å². The molecule has 0 saturated heterocycles. The second kappa shape index (κ2) is 7.27. The minimum atomic E-state index is -0.264. The summed E-state index contributed by atoms with van der Waals surface area (Å²) in [6.45, 7) is 5.73. The van der Waals surface area contributed by atoms with Crippen LogP contribution in [0.3, 0.4) is 0 Å². The summed E-state index contributed by atoms with van der Waals surface area (Å²) in [4.78, 5) is 13.9. The van der Waals surface area contributed by atoms with Gasteiger partial charge in [0.05, 0.1) is 6.54 Å². The molecule has 1 atom stereocenters. The number of likely N-dealkylation sites (N-methyl/N-ethyl adjacent to an activating group) is 1. The highest BCUT2D eigenvalue weighted by atomic mass is 19.1. The Morgan fingerprint density at radius 1 is 1.33 bits per heavy atom. The van der Waals surface area contributed by atoms with Gasteiger partial charge in [-0.05, 0) is 30.7 Å². The molecule has 0 spiro atoms. The van der Waals surface area contributed by atoms with E-state index in [1.807, 2.05) is 7.05 Å². The van der Waals surface area contributed by atoms with Crippen LogP contribution in [0.1, 0.15) is 25.8 Å². The number of nitrogens with zero attached hydrogens (tertiary/aromatic N) is 1. The second-order valence-electron chi connectivity index (χ2n) is 5.05. The van der Waals surface area contributed by atoms with E-state index in [1.165, 1.54) is 12.1 Å². The minimum Gasteiger partial charge on any atom is -0.299 e. The first-order valence-electron chi connectivity index (χ1n) is 6.46. The maximum Gasteiger partial charge on any atom is 0.151 e. The lowest BCUT2D eigenvalue weighted by molar-refractivity contribution is -0.119. The van der Waals surface area contributed by atoms with Crippen molar-refractivity contribution in [2.24, 2.45) is 5.92 Å². The van der Waals surface area contributed by atoms with Crippen molar-refractivity contribution in [1.29, 1.82) is 0 Å². The third-order valence-corrected chi connectivity index (χ3v) is 3.08. The molecule has 1 aromatic carbocycles. The highest BCUT2D eigenvalue weighted by molar-refractivity contribution is 5.82. The van der Waals surface area contributed by atoms with Crippen molar-refractivity contribution in [3.05, 3.63) is 35.6 Å². The normalized spacial score (nSPS) is 12.7. The largest absolute Gasteiger partial charge is 0.299 e. The molecule has 0 saturated carbocycles. The molecule has 3 heteroatoms. The molecule has 1 aromatic rings. The fraction of sp³-hybridized carbons (Fsp3) is 0.533. The average Bonchev–Trinajstić information content (AvgIpc) is 2.31. The van der Waals surface area contributed by atoms with E-state index in [-0.39, 0.29) is 11.6 Å². The lowest BCUT2D eigenvalue weighted by atomic mass is 10.1. The molecule has 0 amide bonds.